The molecule has 2 amide bonds. The maximum Gasteiger partial charge on any atom is 0.217 e. The monoisotopic (exact) mass is 421 g/mol. The Kier molecular flexibility index (Phi) is 34.9. The molecule has 0 saturated heterocycles. The van der Waals surface area contributed by atoms with Crippen molar-refractivity contribution in [3.63, 3.8) is 0 Å². The summed E-state index contributed by atoms with van der Waals surface area (Å²) in [6.45, 7) is 4.48. The first-order chi connectivity index (χ1) is 13.5. The summed E-state index contributed by atoms with van der Waals surface area (Å²) in [6.07, 6.45) is 24.2. The van der Waals surface area contributed by atoms with Crippen LogP contribution in [0.2, 0.25) is 0 Å². The zero-order valence-corrected chi connectivity index (χ0v) is 22.1. The van der Waals surface area contributed by atoms with Gasteiger partial charge in [-0.05, 0) is 12.8 Å². The predicted octanol–water partition coefficient (Wildman–Crippen LogP) is 6.40. The minimum Gasteiger partial charge on any atom is -0.370 e. The van der Waals surface area contributed by atoms with Crippen LogP contribution in [-0.4, -0.2) is 41.4 Å². The Balaban J connectivity index is -0.000000451. The van der Waals surface area contributed by atoms with Crippen molar-refractivity contribution in [2.24, 2.45) is 11.5 Å². The van der Waals surface area contributed by atoms with E-state index in [4.69, 9.17) is 11.5 Å². The third kappa shape index (κ3) is 39.1. The van der Waals surface area contributed by atoms with Crippen LogP contribution in [0.15, 0.2) is 0 Å². The second-order valence-corrected chi connectivity index (χ2v) is 8.09. The molecule has 0 unspecified atom stereocenters. The molecule has 169 valence electrons. The maximum absolute atomic E-state index is 10.4. The predicted molar refractivity (Wildman–Crippen MR) is 128 cm³/mol. The minimum atomic E-state index is -0.159. The molecule has 4 nitrogen and oxygen atoms in total. The van der Waals surface area contributed by atoms with Crippen molar-refractivity contribution < 1.29 is 9.59 Å². The smallest absolute Gasteiger partial charge is 0.217 e. The molecule has 0 aromatic carbocycles. The topological polar surface area (TPSA) is 86.2 Å². The second kappa shape index (κ2) is 30.1. The molecule has 0 aliphatic carbocycles. The van der Waals surface area contributed by atoms with E-state index >= 15 is 0 Å². The summed E-state index contributed by atoms with van der Waals surface area (Å²) in [4.78, 5) is 20.9. The summed E-state index contributed by atoms with van der Waals surface area (Å²) in [5.74, 6) is -0.319. The number of rotatable bonds is 20. The zero-order chi connectivity index (χ0) is 21.3. The Morgan fingerprint density at radius 1 is 0.448 bits per heavy atom. The molecule has 0 rings (SSSR count). The number of hydrogen-bond acceptors (Lipinski definition) is 2. The van der Waals surface area contributed by atoms with E-state index in [1.54, 1.807) is 0 Å². The molecule has 1 radical (unpaired) electrons. The summed E-state index contributed by atoms with van der Waals surface area (Å²) in [5, 5.41) is 0. The van der Waals surface area contributed by atoms with E-state index in [2.05, 4.69) is 13.8 Å². The first-order valence-electron chi connectivity index (χ1n) is 12.1. The summed E-state index contributed by atoms with van der Waals surface area (Å²) in [5.41, 5.74) is 10.1. The van der Waals surface area contributed by atoms with Crippen LogP contribution in [0.25, 0.3) is 0 Å². The van der Waals surface area contributed by atoms with Crippen LogP contribution in [0.5, 0.6) is 0 Å². The van der Waals surface area contributed by atoms with Gasteiger partial charge in [0.1, 0.15) is 0 Å². The van der Waals surface area contributed by atoms with Crippen molar-refractivity contribution in [1.29, 1.82) is 0 Å². The molecule has 0 aliphatic rings. The van der Waals surface area contributed by atoms with E-state index in [0.717, 1.165) is 25.7 Å². The van der Waals surface area contributed by atoms with E-state index in [1.807, 2.05) is 0 Å². The van der Waals surface area contributed by atoms with Gasteiger partial charge in [0.25, 0.3) is 0 Å². The van der Waals surface area contributed by atoms with Crippen LogP contribution in [0.1, 0.15) is 142 Å². The molecule has 0 aromatic rings. The van der Waals surface area contributed by atoms with Crippen LogP contribution in [-0.2, 0) is 9.59 Å². The number of carbonyl (C=O) groups is 2. The van der Waals surface area contributed by atoms with Gasteiger partial charge < -0.3 is 11.5 Å². The first-order valence-corrected chi connectivity index (χ1v) is 12.1. The number of carbonyl (C=O) groups excluding carboxylic acids is 2. The van der Waals surface area contributed by atoms with Crippen molar-refractivity contribution in [2.75, 3.05) is 0 Å². The molecule has 0 bridgehead atoms. The molecule has 0 spiro atoms. The second-order valence-electron chi connectivity index (χ2n) is 8.09. The van der Waals surface area contributed by atoms with Crippen LogP contribution in [0.3, 0.4) is 0 Å². The van der Waals surface area contributed by atoms with Crippen molar-refractivity contribution in [2.45, 2.75) is 142 Å². The van der Waals surface area contributed by atoms with Gasteiger partial charge in [-0.25, -0.2) is 0 Å². The van der Waals surface area contributed by atoms with Gasteiger partial charge in [-0.15, -0.1) is 0 Å². The molecule has 0 heterocycles. The molecule has 0 aliphatic heterocycles. The standard InChI is InChI=1S/2C12H25NO.Na/c2*1-2-3-4-5-6-7-8-9-10-11-12(13)14;/h2*2-11H2,1H3,(H2,13,14);. The number of primary amides is 2. The van der Waals surface area contributed by atoms with E-state index in [-0.39, 0.29) is 41.4 Å². The quantitative estimate of drug-likeness (QED) is 0.176. The van der Waals surface area contributed by atoms with Crippen molar-refractivity contribution in [3.8, 4) is 0 Å². The molecule has 29 heavy (non-hydrogen) atoms. The fourth-order valence-corrected chi connectivity index (χ4v) is 3.22. The Morgan fingerprint density at radius 2 is 0.655 bits per heavy atom. The SMILES string of the molecule is CCCCCCCCCCCC(N)=O.CCCCCCCCCCCC(N)=O.[Na]. The Hall–Kier alpha value is -0.0600. The Labute approximate surface area is 204 Å². The molecule has 0 aromatic heterocycles. The van der Waals surface area contributed by atoms with E-state index < -0.39 is 0 Å². The average Bonchev–Trinajstić information content (AvgIpc) is 2.65. The zero-order valence-electron chi connectivity index (χ0n) is 20.1. The summed E-state index contributed by atoms with van der Waals surface area (Å²) < 4.78 is 0. The third-order valence-corrected chi connectivity index (χ3v) is 5.05. The van der Waals surface area contributed by atoms with Crippen LogP contribution in [0.4, 0.5) is 0 Å². The normalized spacial score (nSPS) is 10.0. The summed E-state index contributed by atoms with van der Waals surface area (Å²) in [6, 6.07) is 0. The molecule has 0 atom stereocenters. The Bertz CT molecular complexity index is 307. The van der Waals surface area contributed by atoms with E-state index in [1.165, 1.54) is 89.9 Å². The van der Waals surface area contributed by atoms with E-state index in [9.17, 15) is 9.59 Å². The van der Waals surface area contributed by atoms with Gasteiger partial charge in [-0.1, -0.05) is 117 Å². The van der Waals surface area contributed by atoms with Gasteiger partial charge in [-0.3, -0.25) is 9.59 Å². The maximum atomic E-state index is 10.4. The number of unbranched alkanes of at least 4 members (excludes halogenated alkanes) is 16. The van der Waals surface area contributed by atoms with E-state index in [0.29, 0.717) is 12.8 Å². The van der Waals surface area contributed by atoms with Gasteiger partial charge >= 0.3 is 0 Å². The molecule has 4 N–H and O–H groups in total. The molecule has 0 fully saturated rings. The fourth-order valence-electron chi connectivity index (χ4n) is 3.22. The van der Waals surface area contributed by atoms with Crippen molar-refractivity contribution in [1.82, 2.24) is 0 Å². The molecule has 0 saturated carbocycles. The summed E-state index contributed by atoms with van der Waals surface area (Å²) >= 11 is 0. The van der Waals surface area contributed by atoms with Crippen LogP contribution in [0, 0.1) is 0 Å². The van der Waals surface area contributed by atoms with Crippen LogP contribution < -0.4 is 11.5 Å². The van der Waals surface area contributed by atoms with Gasteiger partial charge in [0.05, 0.1) is 0 Å². The van der Waals surface area contributed by atoms with Gasteiger partial charge in [-0.2, -0.15) is 0 Å². The van der Waals surface area contributed by atoms with Gasteiger partial charge in [0.2, 0.25) is 11.8 Å². The minimum absolute atomic E-state index is 0. The van der Waals surface area contributed by atoms with Gasteiger partial charge in [0, 0.05) is 42.4 Å². The van der Waals surface area contributed by atoms with Gasteiger partial charge in [0.15, 0.2) is 0 Å². The number of amides is 2. The fraction of sp³-hybridized carbons (Fsp3) is 0.917. The average molecular weight is 422 g/mol. The Morgan fingerprint density at radius 3 is 0.862 bits per heavy atom. The molecular formula is C24H50N2NaO2. The molecule has 5 heteroatoms. The van der Waals surface area contributed by atoms with Crippen molar-refractivity contribution in [3.05, 3.63) is 0 Å². The first kappa shape index (κ1) is 33.6. The summed E-state index contributed by atoms with van der Waals surface area (Å²) in [7, 11) is 0. The third-order valence-electron chi connectivity index (χ3n) is 5.05. The number of hydrogen-bond donors (Lipinski definition) is 2. The largest absolute Gasteiger partial charge is 0.370 e. The van der Waals surface area contributed by atoms with Crippen molar-refractivity contribution >= 4 is 41.4 Å². The molecular weight excluding hydrogens is 371 g/mol. The van der Waals surface area contributed by atoms with Crippen LogP contribution >= 0.6 is 0 Å². The number of nitrogens with two attached hydrogens (primary N) is 2.